The fraction of sp³-hybridized carbons (Fsp3) is 0.364. The number of rotatable bonds is 6. The molecule has 8 nitrogen and oxygen atoms in total. The Balaban J connectivity index is 1.61. The summed E-state index contributed by atoms with van der Waals surface area (Å²) >= 11 is 0. The fourth-order valence-electron chi connectivity index (χ4n) is 3.63. The smallest absolute Gasteiger partial charge is 0.374 e. The monoisotopic (exact) mass is 443 g/mol. The summed E-state index contributed by atoms with van der Waals surface area (Å²) in [6.45, 7) is 5.82. The van der Waals surface area contributed by atoms with E-state index in [2.05, 4.69) is 21.5 Å². The number of esters is 1. The quantitative estimate of drug-likeness (QED) is 0.574. The highest BCUT2D eigenvalue weighted by Crippen LogP contribution is 2.30. The van der Waals surface area contributed by atoms with Crippen molar-refractivity contribution in [2.45, 2.75) is 31.6 Å². The first-order valence-corrected chi connectivity index (χ1v) is 11.8. The molecular weight excluding hydrogens is 418 g/mol. The number of nitrogens with zero attached hydrogens (tertiary/aromatic N) is 2. The molecule has 0 radical (unpaired) electrons. The van der Waals surface area contributed by atoms with Crippen molar-refractivity contribution in [2.75, 3.05) is 29.3 Å². The van der Waals surface area contributed by atoms with Crippen molar-refractivity contribution in [3.05, 3.63) is 48.4 Å². The Morgan fingerprint density at radius 3 is 2.77 bits per heavy atom. The largest absolute Gasteiger partial charge is 0.460 e. The molecule has 1 aliphatic rings. The minimum Gasteiger partial charge on any atom is -0.460 e. The number of ether oxygens (including phenoxy) is 1. The van der Waals surface area contributed by atoms with Crippen LogP contribution >= 0.6 is 0 Å². The molecule has 0 bridgehead atoms. The Morgan fingerprint density at radius 2 is 2.03 bits per heavy atom. The van der Waals surface area contributed by atoms with Crippen LogP contribution in [0.5, 0.6) is 0 Å². The zero-order valence-corrected chi connectivity index (χ0v) is 18.3. The lowest BCUT2D eigenvalue weighted by atomic mass is 9.99. The van der Waals surface area contributed by atoms with Crippen LogP contribution in [-0.2, 0) is 14.8 Å². The van der Waals surface area contributed by atoms with Gasteiger partial charge in [-0.05, 0) is 56.0 Å². The molecule has 31 heavy (non-hydrogen) atoms. The first-order chi connectivity index (χ1) is 14.9. The molecule has 0 atom stereocenters. The van der Waals surface area contributed by atoms with Gasteiger partial charge in [0.05, 0.1) is 17.2 Å². The summed E-state index contributed by atoms with van der Waals surface area (Å²) in [5.74, 6) is 0.728. The summed E-state index contributed by atoms with van der Waals surface area (Å²) in [6.07, 6.45) is 3.75. The Labute approximate surface area is 181 Å². The average molecular weight is 444 g/mol. The number of piperidine rings is 1. The number of anilines is 2. The molecule has 1 saturated heterocycles. The Kier molecular flexibility index (Phi) is 5.86. The van der Waals surface area contributed by atoms with Crippen molar-refractivity contribution in [2.24, 2.45) is 5.92 Å². The minimum absolute atomic E-state index is 0.0341. The van der Waals surface area contributed by atoms with Crippen molar-refractivity contribution >= 4 is 38.5 Å². The molecule has 0 spiro atoms. The zero-order valence-electron chi connectivity index (χ0n) is 17.5. The molecule has 0 saturated carbocycles. The SMILES string of the molecule is CCOC(=O)c1cc2ccc(S(=O)(=O)Nc3cccnc3N3CCC(C)CC3)cc2o1. The number of fused-ring (bicyclic) bond motifs is 1. The maximum Gasteiger partial charge on any atom is 0.374 e. The van der Waals surface area contributed by atoms with E-state index in [9.17, 15) is 13.2 Å². The number of nitrogens with one attached hydrogen (secondary N) is 1. The van der Waals surface area contributed by atoms with Crippen LogP contribution in [0.2, 0.25) is 0 Å². The topological polar surface area (TPSA) is 102 Å². The molecule has 9 heteroatoms. The highest BCUT2D eigenvalue weighted by atomic mass is 32.2. The van der Waals surface area contributed by atoms with Gasteiger partial charge in [0, 0.05) is 30.7 Å². The van der Waals surface area contributed by atoms with Crippen LogP contribution in [0.15, 0.2) is 51.9 Å². The summed E-state index contributed by atoms with van der Waals surface area (Å²) in [5.41, 5.74) is 0.728. The van der Waals surface area contributed by atoms with Crippen molar-refractivity contribution in [1.82, 2.24) is 4.98 Å². The molecule has 0 amide bonds. The van der Waals surface area contributed by atoms with Crippen LogP contribution in [0.4, 0.5) is 11.5 Å². The number of carbonyl (C=O) groups excluding carboxylic acids is 1. The minimum atomic E-state index is -3.89. The van der Waals surface area contributed by atoms with E-state index in [0.717, 1.165) is 25.9 Å². The second-order valence-electron chi connectivity index (χ2n) is 7.68. The van der Waals surface area contributed by atoms with Gasteiger partial charge in [-0.2, -0.15) is 0 Å². The standard InChI is InChI=1S/C22H25N3O5S/c1-3-29-22(26)20-13-16-6-7-17(14-19(16)30-20)31(27,28)24-18-5-4-10-23-21(18)25-11-8-15(2)9-12-25/h4-7,10,13-15,24H,3,8-9,11-12H2,1-2H3. The highest BCUT2D eigenvalue weighted by Gasteiger charge is 2.23. The molecular formula is C22H25N3O5S. The van der Waals surface area contributed by atoms with Gasteiger partial charge in [0.1, 0.15) is 5.58 Å². The van der Waals surface area contributed by atoms with E-state index >= 15 is 0 Å². The van der Waals surface area contributed by atoms with Gasteiger partial charge in [0.25, 0.3) is 10.0 Å². The van der Waals surface area contributed by atoms with E-state index < -0.39 is 16.0 Å². The summed E-state index contributed by atoms with van der Waals surface area (Å²) in [7, 11) is -3.89. The van der Waals surface area contributed by atoms with Gasteiger partial charge in [0.2, 0.25) is 5.76 Å². The molecule has 0 aliphatic carbocycles. The van der Waals surface area contributed by atoms with E-state index in [1.807, 2.05) is 0 Å². The predicted molar refractivity (Wildman–Crippen MR) is 118 cm³/mol. The van der Waals surface area contributed by atoms with Gasteiger partial charge in [-0.25, -0.2) is 18.2 Å². The number of aromatic nitrogens is 1. The third-order valence-electron chi connectivity index (χ3n) is 5.39. The Bertz CT molecular complexity index is 1200. The molecule has 0 unspecified atom stereocenters. The third-order valence-corrected chi connectivity index (χ3v) is 6.76. The van der Waals surface area contributed by atoms with Crippen LogP contribution in [0, 0.1) is 5.92 Å². The molecule has 2 aromatic heterocycles. The number of carbonyl (C=O) groups is 1. The number of sulfonamides is 1. The average Bonchev–Trinajstić information content (AvgIpc) is 3.18. The van der Waals surface area contributed by atoms with E-state index in [1.165, 1.54) is 18.2 Å². The van der Waals surface area contributed by atoms with Gasteiger partial charge in [-0.15, -0.1) is 0 Å². The summed E-state index contributed by atoms with van der Waals surface area (Å²) in [5, 5.41) is 0.617. The Hall–Kier alpha value is -3.07. The third kappa shape index (κ3) is 4.51. The molecule has 164 valence electrons. The molecule has 1 aromatic carbocycles. The van der Waals surface area contributed by atoms with Crippen LogP contribution in [0.3, 0.4) is 0 Å². The molecule has 1 N–H and O–H groups in total. The van der Waals surface area contributed by atoms with Gasteiger partial charge < -0.3 is 14.1 Å². The summed E-state index contributed by atoms with van der Waals surface area (Å²) < 4.78 is 39.3. The number of hydrogen-bond acceptors (Lipinski definition) is 7. The second kappa shape index (κ2) is 8.58. The first-order valence-electron chi connectivity index (χ1n) is 10.3. The van der Waals surface area contributed by atoms with Crippen molar-refractivity contribution in [1.29, 1.82) is 0 Å². The van der Waals surface area contributed by atoms with E-state index in [0.29, 0.717) is 28.4 Å². The van der Waals surface area contributed by atoms with E-state index in [-0.39, 0.29) is 17.3 Å². The fourth-order valence-corrected chi connectivity index (χ4v) is 4.71. The molecule has 1 aliphatic heterocycles. The van der Waals surface area contributed by atoms with Crippen molar-refractivity contribution < 1.29 is 22.4 Å². The van der Waals surface area contributed by atoms with Gasteiger partial charge in [0.15, 0.2) is 5.82 Å². The van der Waals surface area contributed by atoms with E-state index in [1.54, 1.807) is 31.3 Å². The maximum atomic E-state index is 13.1. The van der Waals surface area contributed by atoms with Crippen LogP contribution in [0.25, 0.3) is 11.0 Å². The summed E-state index contributed by atoms with van der Waals surface area (Å²) in [6, 6.07) is 9.43. The first kappa shape index (κ1) is 21.2. The van der Waals surface area contributed by atoms with Crippen molar-refractivity contribution in [3.63, 3.8) is 0 Å². The summed E-state index contributed by atoms with van der Waals surface area (Å²) in [4.78, 5) is 18.5. The highest BCUT2D eigenvalue weighted by molar-refractivity contribution is 7.92. The molecule has 4 rings (SSSR count). The number of benzene rings is 1. The lowest BCUT2D eigenvalue weighted by Gasteiger charge is -2.32. The van der Waals surface area contributed by atoms with Gasteiger partial charge in [-0.3, -0.25) is 4.72 Å². The number of furan rings is 1. The normalized spacial score (nSPS) is 15.2. The molecule has 3 heterocycles. The zero-order chi connectivity index (χ0) is 22.0. The predicted octanol–water partition coefficient (Wildman–Crippen LogP) is 4.04. The van der Waals surface area contributed by atoms with Crippen LogP contribution in [-0.4, -0.2) is 39.1 Å². The lowest BCUT2D eigenvalue weighted by Crippen LogP contribution is -2.34. The second-order valence-corrected chi connectivity index (χ2v) is 9.36. The van der Waals surface area contributed by atoms with E-state index in [4.69, 9.17) is 9.15 Å². The Morgan fingerprint density at radius 1 is 1.26 bits per heavy atom. The van der Waals surface area contributed by atoms with Crippen LogP contribution in [0.1, 0.15) is 37.2 Å². The van der Waals surface area contributed by atoms with Crippen LogP contribution < -0.4 is 9.62 Å². The number of pyridine rings is 1. The van der Waals surface area contributed by atoms with Gasteiger partial charge in [-0.1, -0.05) is 6.92 Å². The number of hydrogen-bond donors (Lipinski definition) is 1. The molecule has 3 aromatic rings. The van der Waals surface area contributed by atoms with Crippen molar-refractivity contribution in [3.8, 4) is 0 Å². The lowest BCUT2D eigenvalue weighted by molar-refractivity contribution is 0.0492. The van der Waals surface area contributed by atoms with Gasteiger partial charge >= 0.3 is 5.97 Å². The maximum absolute atomic E-state index is 13.1. The molecule has 1 fully saturated rings.